The second kappa shape index (κ2) is 7.01. The second-order valence-electron chi connectivity index (χ2n) is 5.40. The first-order chi connectivity index (χ1) is 9.90. The zero-order valence-corrected chi connectivity index (χ0v) is 13.6. The van der Waals surface area contributed by atoms with Crippen molar-refractivity contribution in [2.24, 2.45) is 0 Å². The molecule has 0 bridgehead atoms. The molecule has 1 saturated heterocycles. The Labute approximate surface area is 131 Å². The predicted octanol–water partition coefficient (Wildman–Crippen LogP) is 4.75. The van der Waals surface area contributed by atoms with E-state index in [2.05, 4.69) is 33.1 Å². The number of rotatable bonds is 3. The number of benzene rings is 1. The minimum Gasteiger partial charge on any atom is -0.381 e. The number of alkyl halides is 3. The SMILES string of the molecule is CCN1CCCC(Nc2cc(C(F)(F)F)ccc2Br)CC1. The third kappa shape index (κ3) is 4.61. The maximum atomic E-state index is 12.8. The summed E-state index contributed by atoms with van der Waals surface area (Å²) in [4.78, 5) is 2.38. The standard InChI is InChI=1S/C15H20BrF3N2/c1-2-21-8-3-4-12(7-9-21)20-14-10-11(15(17,18)19)5-6-13(14)16/h5-6,10,12,20H,2-4,7-9H2,1H3. The molecule has 2 nitrogen and oxygen atoms in total. The molecule has 118 valence electrons. The summed E-state index contributed by atoms with van der Waals surface area (Å²) in [5, 5.41) is 3.27. The van der Waals surface area contributed by atoms with E-state index in [1.165, 1.54) is 12.1 Å². The number of nitrogens with one attached hydrogen (secondary N) is 1. The minimum atomic E-state index is -4.31. The summed E-state index contributed by atoms with van der Waals surface area (Å²) in [6.45, 7) is 5.22. The van der Waals surface area contributed by atoms with E-state index in [1.807, 2.05) is 0 Å². The van der Waals surface area contributed by atoms with Gasteiger partial charge in [0.2, 0.25) is 0 Å². The van der Waals surface area contributed by atoms with Crippen LogP contribution in [0.4, 0.5) is 18.9 Å². The summed E-state index contributed by atoms with van der Waals surface area (Å²) in [5.74, 6) is 0. The zero-order chi connectivity index (χ0) is 15.5. The fourth-order valence-corrected chi connectivity index (χ4v) is 3.01. The molecule has 0 radical (unpaired) electrons. The molecule has 1 aliphatic heterocycles. The van der Waals surface area contributed by atoms with Gasteiger partial charge in [-0.15, -0.1) is 0 Å². The Bertz CT molecular complexity index is 476. The lowest BCUT2D eigenvalue weighted by Crippen LogP contribution is -2.26. The van der Waals surface area contributed by atoms with Gasteiger partial charge >= 0.3 is 6.18 Å². The largest absolute Gasteiger partial charge is 0.416 e. The highest BCUT2D eigenvalue weighted by Crippen LogP contribution is 2.34. The van der Waals surface area contributed by atoms with Gasteiger partial charge in [-0.1, -0.05) is 6.92 Å². The van der Waals surface area contributed by atoms with E-state index in [-0.39, 0.29) is 6.04 Å². The number of likely N-dealkylation sites (tertiary alicyclic amines) is 1. The van der Waals surface area contributed by atoms with Crippen molar-refractivity contribution in [2.75, 3.05) is 25.0 Å². The van der Waals surface area contributed by atoms with Crippen LogP contribution in [0.15, 0.2) is 22.7 Å². The smallest absolute Gasteiger partial charge is 0.381 e. The number of hydrogen-bond acceptors (Lipinski definition) is 2. The highest BCUT2D eigenvalue weighted by atomic mass is 79.9. The van der Waals surface area contributed by atoms with Gasteiger partial charge in [-0.05, 0) is 66.5 Å². The Morgan fingerprint density at radius 2 is 2.05 bits per heavy atom. The van der Waals surface area contributed by atoms with Crippen LogP contribution in [0.2, 0.25) is 0 Å². The lowest BCUT2D eigenvalue weighted by Gasteiger charge is -2.20. The van der Waals surface area contributed by atoms with Crippen LogP contribution in [0.25, 0.3) is 0 Å². The zero-order valence-electron chi connectivity index (χ0n) is 12.0. The van der Waals surface area contributed by atoms with Crippen LogP contribution < -0.4 is 5.32 Å². The van der Waals surface area contributed by atoms with Gasteiger partial charge in [0.25, 0.3) is 0 Å². The summed E-state index contributed by atoms with van der Waals surface area (Å²) in [7, 11) is 0. The summed E-state index contributed by atoms with van der Waals surface area (Å²) < 4.78 is 39.0. The number of halogens is 4. The van der Waals surface area contributed by atoms with Gasteiger partial charge in [0.1, 0.15) is 0 Å². The molecule has 0 amide bonds. The maximum Gasteiger partial charge on any atom is 0.416 e. The summed E-state index contributed by atoms with van der Waals surface area (Å²) in [6.07, 6.45) is -1.29. The second-order valence-corrected chi connectivity index (χ2v) is 6.25. The van der Waals surface area contributed by atoms with E-state index in [4.69, 9.17) is 0 Å². The molecular weight excluding hydrogens is 345 g/mol. The number of anilines is 1. The van der Waals surface area contributed by atoms with Gasteiger partial charge in [-0.3, -0.25) is 0 Å². The average molecular weight is 365 g/mol. The van der Waals surface area contributed by atoms with Crippen LogP contribution >= 0.6 is 15.9 Å². The Kier molecular flexibility index (Phi) is 5.54. The molecule has 1 heterocycles. The number of hydrogen-bond donors (Lipinski definition) is 1. The fourth-order valence-electron chi connectivity index (χ4n) is 2.65. The van der Waals surface area contributed by atoms with E-state index in [9.17, 15) is 13.2 Å². The van der Waals surface area contributed by atoms with Crippen molar-refractivity contribution in [1.82, 2.24) is 4.90 Å². The Balaban J connectivity index is 2.08. The van der Waals surface area contributed by atoms with Crippen molar-refractivity contribution in [3.63, 3.8) is 0 Å². The van der Waals surface area contributed by atoms with Crippen LogP contribution in [0.5, 0.6) is 0 Å². The Morgan fingerprint density at radius 3 is 2.71 bits per heavy atom. The molecule has 0 aliphatic carbocycles. The highest BCUT2D eigenvalue weighted by Gasteiger charge is 2.31. The third-order valence-electron chi connectivity index (χ3n) is 3.92. The molecule has 2 rings (SSSR count). The monoisotopic (exact) mass is 364 g/mol. The van der Waals surface area contributed by atoms with Crippen molar-refractivity contribution in [2.45, 2.75) is 38.4 Å². The molecule has 0 spiro atoms. The van der Waals surface area contributed by atoms with Gasteiger partial charge in [-0.25, -0.2) is 0 Å². The normalized spacial score (nSPS) is 21.1. The fraction of sp³-hybridized carbons (Fsp3) is 0.600. The van der Waals surface area contributed by atoms with Gasteiger partial charge in [0, 0.05) is 22.7 Å². The first-order valence-corrected chi connectivity index (χ1v) is 8.05. The van der Waals surface area contributed by atoms with Gasteiger partial charge in [0.05, 0.1) is 5.56 Å². The molecular formula is C15H20BrF3N2. The van der Waals surface area contributed by atoms with Crippen LogP contribution in [0.3, 0.4) is 0 Å². The topological polar surface area (TPSA) is 15.3 Å². The molecule has 1 unspecified atom stereocenters. The van der Waals surface area contributed by atoms with Crippen molar-refractivity contribution < 1.29 is 13.2 Å². The average Bonchev–Trinajstić information content (AvgIpc) is 2.65. The third-order valence-corrected chi connectivity index (χ3v) is 4.61. The summed E-state index contributed by atoms with van der Waals surface area (Å²) >= 11 is 3.33. The van der Waals surface area contributed by atoms with Crippen LogP contribution in [-0.2, 0) is 6.18 Å². The van der Waals surface area contributed by atoms with Crippen LogP contribution in [0, 0.1) is 0 Å². The molecule has 0 aromatic heterocycles. The van der Waals surface area contributed by atoms with Crippen molar-refractivity contribution in [1.29, 1.82) is 0 Å². The van der Waals surface area contributed by atoms with Crippen molar-refractivity contribution in [3.8, 4) is 0 Å². The summed E-state index contributed by atoms with van der Waals surface area (Å²) in [6, 6.07) is 3.97. The van der Waals surface area contributed by atoms with Gasteiger partial charge < -0.3 is 10.2 Å². The van der Waals surface area contributed by atoms with Crippen molar-refractivity contribution >= 4 is 21.6 Å². The Morgan fingerprint density at radius 1 is 1.29 bits per heavy atom. The first-order valence-electron chi connectivity index (χ1n) is 7.25. The van der Waals surface area contributed by atoms with Gasteiger partial charge in [-0.2, -0.15) is 13.2 Å². The molecule has 0 saturated carbocycles. The minimum absolute atomic E-state index is 0.223. The molecule has 6 heteroatoms. The highest BCUT2D eigenvalue weighted by molar-refractivity contribution is 9.10. The molecule has 1 N–H and O–H groups in total. The molecule has 1 aliphatic rings. The predicted molar refractivity (Wildman–Crippen MR) is 82.5 cm³/mol. The molecule has 21 heavy (non-hydrogen) atoms. The lowest BCUT2D eigenvalue weighted by molar-refractivity contribution is -0.137. The van der Waals surface area contributed by atoms with E-state index in [0.717, 1.165) is 45.0 Å². The summed E-state index contributed by atoms with van der Waals surface area (Å²) in [5.41, 5.74) is -0.0863. The maximum absolute atomic E-state index is 12.8. The lowest BCUT2D eigenvalue weighted by atomic mass is 10.1. The van der Waals surface area contributed by atoms with Crippen LogP contribution in [0.1, 0.15) is 31.7 Å². The van der Waals surface area contributed by atoms with E-state index in [1.54, 1.807) is 0 Å². The van der Waals surface area contributed by atoms with Crippen molar-refractivity contribution in [3.05, 3.63) is 28.2 Å². The molecule has 1 aromatic rings. The number of nitrogens with zero attached hydrogens (tertiary/aromatic N) is 1. The Hall–Kier alpha value is -0.750. The molecule has 1 fully saturated rings. The molecule has 1 aromatic carbocycles. The quantitative estimate of drug-likeness (QED) is 0.831. The first kappa shape index (κ1) is 16.6. The van der Waals surface area contributed by atoms with E-state index >= 15 is 0 Å². The molecule has 1 atom stereocenters. The van der Waals surface area contributed by atoms with Gasteiger partial charge in [0.15, 0.2) is 0 Å². The van der Waals surface area contributed by atoms with E-state index < -0.39 is 11.7 Å². The van der Waals surface area contributed by atoms with Crippen LogP contribution in [-0.4, -0.2) is 30.6 Å². The van der Waals surface area contributed by atoms with E-state index in [0.29, 0.717) is 10.2 Å².